The van der Waals surface area contributed by atoms with E-state index in [2.05, 4.69) is 20.3 Å². The lowest BCUT2D eigenvalue weighted by Crippen LogP contribution is -2.12. The third-order valence-electron chi connectivity index (χ3n) is 2.83. The summed E-state index contributed by atoms with van der Waals surface area (Å²) in [6, 6.07) is 9.16. The molecular weight excluding hydrogens is 240 g/mol. The number of aryl methyl sites for hydroxylation is 1. The smallest absolute Gasteiger partial charge is 0.259 e. The molecule has 0 spiro atoms. The van der Waals surface area contributed by atoms with Gasteiger partial charge in [-0.25, -0.2) is 9.97 Å². The van der Waals surface area contributed by atoms with E-state index < -0.39 is 0 Å². The van der Waals surface area contributed by atoms with Gasteiger partial charge in [-0.3, -0.25) is 4.79 Å². The fourth-order valence-corrected chi connectivity index (χ4v) is 1.94. The molecule has 3 rings (SSSR count). The van der Waals surface area contributed by atoms with Crippen LogP contribution in [0.25, 0.3) is 11.0 Å². The van der Waals surface area contributed by atoms with E-state index in [0.717, 1.165) is 11.1 Å². The Morgan fingerprint density at radius 3 is 3.00 bits per heavy atom. The summed E-state index contributed by atoms with van der Waals surface area (Å²) in [6.45, 7) is 1.88. The average molecular weight is 252 g/mol. The number of anilines is 1. The normalized spacial score (nSPS) is 10.6. The van der Waals surface area contributed by atoms with Crippen LogP contribution in [0.2, 0.25) is 0 Å². The van der Waals surface area contributed by atoms with Gasteiger partial charge in [0.15, 0.2) is 0 Å². The molecule has 1 amide bonds. The molecule has 0 unspecified atom stereocenters. The van der Waals surface area contributed by atoms with Gasteiger partial charge < -0.3 is 10.3 Å². The second-order valence-corrected chi connectivity index (χ2v) is 4.22. The number of amides is 1. The number of hydrogen-bond donors (Lipinski definition) is 2. The van der Waals surface area contributed by atoms with Gasteiger partial charge in [0, 0.05) is 23.5 Å². The maximum Gasteiger partial charge on any atom is 0.259 e. The van der Waals surface area contributed by atoms with E-state index in [1.165, 1.54) is 0 Å². The zero-order valence-corrected chi connectivity index (χ0v) is 10.3. The molecule has 0 aliphatic carbocycles. The lowest BCUT2D eigenvalue weighted by Gasteiger charge is -2.03. The molecule has 2 N–H and O–H groups in total. The quantitative estimate of drug-likeness (QED) is 0.736. The van der Waals surface area contributed by atoms with Gasteiger partial charge >= 0.3 is 0 Å². The molecule has 0 aromatic carbocycles. The monoisotopic (exact) mass is 252 g/mol. The summed E-state index contributed by atoms with van der Waals surface area (Å²) in [6.07, 6.45) is 3.34. The summed E-state index contributed by atoms with van der Waals surface area (Å²) in [5.41, 5.74) is 2.12. The van der Waals surface area contributed by atoms with Crippen molar-refractivity contribution in [2.24, 2.45) is 0 Å². The Labute approximate surface area is 109 Å². The van der Waals surface area contributed by atoms with Gasteiger partial charge in [0.25, 0.3) is 5.91 Å². The summed E-state index contributed by atoms with van der Waals surface area (Å²) >= 11 is 0. The van der Waals surface area contributed by atoms with Crippen LogP contribution in [0.15, 0.2) is 42.7 Å². The Balaban J connectivity index is 1.92. The van der Waals surface area contributed by atoms with Crippen molar-refractivity contribution in [1.29, 1.82) is 0 Å². The third kappa shape index (κ3) is 2.18. The predicted octanol–water partition coefficient (Wildman–Crippen LogP) is 2.52. The van der Waals surface area contributed by atoms with E-state index in [1.54, 1.807) is 24.5 Å². The van der Waals surface area contributed by atoms with Gasteiger partial charge in [0.05, 0.1) is 5.56 Å². The first kappa shape index (κ1) is 11.4. The molecule has 19 heavy (non-hydrogen) atoms. The Morgan fingerprint density at radius 1 is 1.26 bits per heavy atom. The number of aromatic nitrogens is 3. The summed E-state index contributed by atoms with van der Waals surface area (Å²) < 4.78 is 0. The number of carbonyl (C=O) groups is 1. The molecule has 0 radical (unpaired) electrons. The molecule has 0 fully saturated rings. The van der Waals surface area contributed by atoms with E-state index in [0.29, 0.717) is 17.0 Å². The number of aromatic amines is 1. The van der Waals surface area contributed by atoms with E-state index in [1.807, 2.05) is 25.1 Å². The lowest BCUT2D eigenvalue weighted by molar-refractivity contribution is 0.102. The fourth-order valence-electron chi connectivity index (χ4n) is 1.94. The van der Waals surface area contributed by atoms with Gasteiger partial charge in [0.1, 0.15) is 11.5 Å². The molecule has 0 atom stereocenters. The first-order valence-electron chi connectivity index (χ1n) is 5.91. The molecule has 5 nitrogen and oxygen atoms in total. The van der Waals surface area contributed by atoms with Crippen LogP contribution in [0, 0.1) is 6.92 Å². The van der Waals surface area contributed by atoms with Gasteiger partial charge in [-0.15, -0.1) is 0 Å². The Bertz CT molecular complexity index is 748. The largest absolute Gasteiger partial charge is 0.345 e. The molecule has 0 saturated heterocycles. The van der Waals surface area contributed by atoms with Gasteiger partial charge in [-0.05, 0) is 31.2 Å². The average Bonchev–Trinajstić information content (AvgIpc) is 2.82. The van der Waals surface area contributed by atoms with Crippen LogP contribution in [0.3, 0.4) is 0 Å². The molecule has 3 aromatic rings. The maximum atomic E-state index is 12.2. The van der Waals surface area contributed by atoms with Crippen molar-refractivity contribution in [3.8, 4) is 0 Å². The first-order chi connectivity index (χ1) is 9.24. The second-order valence-electron chi connectivity index (χ2n) is 4.22. The van der Waals surface area contributed by atoms with Crippen molar-refractivity contribution >= 4 is 22.8 Å². The number of pyridine rings is 2. The predicted molar refractivity (Wildman–Crippen MR) is 73.0 cm³/mol. The standard InChI is InChI=1S/C14H12N4O/c1-9-4-2-6-12(17-9)18-14(19)11-8-16-13-10(11)5-3-7-15-13/h2-8H,1H3,(H,15,16)(H,17,18,19). The Hall–Kier alpha value is -2.69. The topological polar surface area (TPSA) is 70.7 Å². The fraction of sp³-hybridized carbons (Fsp3) is 0.0714. The van der Waals surface area contributed by atoms with Crippen molar-refractivity contribution in [3.05, 3.63) is 54.0 Å². The van der Waals surface area contributed by atoms with Gasteiger partial charge in [0.2, 0.25) is 0 Å². The number of fused-ring (bicyclic) bond motifs is 1. The zero-order chi connectivity index (χ0) is 13.2. The minimum absolute atomic E-state index is 0.197. The summed E-state index contributed by atoms with van der Waals surface area (Å²) in [5.74, 6) is 0.348. The van der Waals surface area contributed by atoms with Crippen LogP contribution in [0.5, 0.6) is 0 Å². The van der Waals surface area contributed by atoms with Crippen LogP contribution in [-0.2, 0) is 0 Å². The van der Waals surface area contributed by atoms with Crippen LogP contribution >= 0.6 is 0 Å². The van der Waals surface area contributed by atoms with Crippen LogP contribution in [0.4, 0.5) is 5.82 Å². The van der Waals surface area contributed by atoms with E-state index >= 15 is 0 Å². The first-order valence-corrected chi connectivity index (χ1v) is 5.91. The van der Waals surface area contributed by atoms with Crippen LogP contribution in [-0.4, -0.2) is 20.9 Å². The molecular formula is C14H12N4O. The zero-order valence-electron chi connectivity index (χ0n) is 10.3. The van der Waals surface area contributed by atoms with E-state index in [9.17, 15) is 4.79 Å². The Kier molecular flexibility index (Phi) is 2.72. The molecule has 3 aromatic heterocycles. The second kappa shape index (κ2) is 4.53. The number of rotatable bonds is 2. The third-order valence-corrected chi connectivity index (χ3v) is 2.83. The lowest BCUT2D eigenvalue weighted by atomic mass is 10.2. The van der Waals surface area contributed by atoms with Crippen molar-refractivity contribution in [2.75, 3.05) is 5.32 Å². The molecule has 5 heteroatoms. The SMILES string of the molecule is Cc1cccc(NC(=O)c2c[nH]c3ncccc23)n1. The molecule has 3 heterocycles. The Morgan fingerprint density at radius 2 is 2.16 bits per heavy atom. The number of H-pyrrole nitrogens is 1. The molecule has 0 aliphatic heterocycles. The molecule has 94 valence electrons. The number of nitrogens with zero attached hydrogens (tertiary/aromatic N) is 2. The number of nitrogens with one attached hydrogen (secondary N) is 2. The van der Waals surface area contributed by atoms with Crippen molar-refractivity contribution in [2.45, 2.75) is 6.92 Å². The molecule has 0 bridgehead atoms. The summed E-state index contributed by atoms with van der Waals surface area (Å²) in [7, 11) is 0. The highest BCUT2D eigenvalue weighted by Gasteiger charge is 2.12. The van der Waals surface area contributed by atoms with Crippen molar-refractivity contribution in [3.63, 3.8) is 0 Å². The minimum Gasteiger partial charge on any atom is -0.345 e. The summed E-state index contributed by atoms with van der Waals surface area (Å²) in [5, 5.41) is 3.58. The minimum atomic E-state index is -0.197. The van der Waals surface area contributed by atoms with E-state index in [4.69, 9.17) is 0 Å². The molecule has 0 aliphatic rings. The van der Waals surface area contributed by atoms with E-state index in [-0.39, 0.29) is 5.91 Å². The number of carbonyl (C=O) groups excluding carboxylic acids is 1. The summed E-state index contributed by atoms with van der Waals surface area (Å²) in [4.78, 5) is 23.6. The molecule has 0 saturated carbocycles. The number of hydrogen-bond acceptors (Lipinski definition) is 3. The van der Waals surface area contributed by atoms with Crippen LogP contribution < -0.4 is 5.32 Å². The highest BCUT2D eigenvalue weighted by atomic mass is 16.1. The van der Waals surface area contributed by atoms with Gasteiger partial charge in [-0.2, -0.15) is 0 Å². The highest BCUT2D eigenvalue weighted by Crippen LogP contribution is 2.17. The van der Waals surface area contributed by atoms with Crippen LogP contribution in [0.1, 0.15) is 16.1 Å². The van der Waals surface area contributed by atoms with Crippen molar-refractivity contribution < 1.29 is 4.79 Å². The maximum absolute atomic E-state index is 12.2. The van der Waals surface area contributed by atoms with Gasteiger partial charge in [-0.1, -0.05) is 6.07 Å². The highest BCUT2D eigenvalue weighted by molar-refractivity contribution is 6.11. The van der Waals surface area contributed by atoms with Crippen molar-refractivity contribution in [1.82, 2.24) is 15.0 Å².